The molecule has 0 radical (unpaired) electrons. The van der Waals surface area contributed by atoms with E-state index in [1.165, 1.54) is 0 Å². The van der Waals surface area contributed by atoms with Crippen LogP contribution in [0.1, 0.15) is 19.4 Å². The first kappa shape index (κ1) is 10.2. The van der Waals surface area contributed by atoms with E-state index in [-0.39, 0.29) is 0 Å². The van der Waals surface area contributed by atoms with Gasteiger partial charge < -0.3 is 10.6 Å². The predicted molar refractivity (Wildman–Crippen MR) is 61.7 cm³/mol. The van der Waals surface area contributed by atoms with E-state index < -0.39 is 0 Å². The van der Waals surface area contributed by atoms with Crippen LogP contribution in [0.25, 0.3) is 0 Å². The molecule has 4 nitrogen and oxygen atoms in total. The Bertz CT molecular complexity index is 354. The number of aromatic nitrogens is 2. The van der Waals surface area contributed by atoms with Gasteiger partial charge in [-0.05, 0) is 18.8 Å². The van der Waals surface area contributed by atoms with Gasteiger partial charge in [0.1, 0.15) is 5.82 Å². The molecule has 1 aliphatic heterocycles. The van der Waals surface area contributed by atoms with E-state index in [9.17, 15) is 0 Å². The van der Waals surface area contributed by atoms with Crippen molar-refractivity contribution in [1.82, 2.24) is 9.97 Å². The Balaban J connectivity index is 2.27. The van der Waals surface area contributed by atoms with Gasteiger partial charge in [-0.3, -0.25) is 0 Å². The van der Waals surface area contributed by atoms with Crippen molar-refractivity contribution in [2.24, 2.45) is 11.8 Å². The lowest BCUT2D eigenvalue weighted by molar-refractivity contribution is 0.494. The largest absolute Gasteiger partial charge is 0.368 e. The van der Waals surface area contributed by atoms with Crippen LogP contribution in [0.4, 0.5) is 11.8 Å². The third-order valence-electron chi connectivity index (χ3n) is 3.25. The monoisotopic (exact) mass is 206 g/mol. The maximum absolute atomic E-state index is 5.62. The van der Waals surface area contributed by atoms with E-state index in [1.54, 1.807) is 6.20 Å². The van der Waals surface area contributed by atoms with E-state index in [0.29, 0.717) is 5.95 Å². The Hall–Kier alpha value is -1.32. The summed E-state index contributed by atoms with van der Waals surface area (Å²) >= 11 is 0. The van der Waals surface area contributed by atoms with Crippen LogP contribution in [0.3, 0.4) is 0 Å². The van der Waals surface area contributed by atoms with Crippen LogP contribution in [-0.4, -0.2) is 23.1 Å². The molecule has 82 valence electrons. The van der Waals surface area contributed by atoms with Crippen molar-refractivity contribution in [1.29, 1.82) is 0 Å². The van der Waals surface area contributed by atoms with Crippen molar-refractivity contribution in [3.05, 3.63) is 11.8 Å². The molecule has 2 unspecified atom stereocenters. The minimum absolute atomic E-state index is 0.364. The molecule has 2 rings (SSSR count). The van der Waals surface area contributed by atoms with Crippen molar-refractivity contribution < 1.29 is 0 Å². The van der Waals surface area contributed by atoms with Gasteiger partial charge in [0.15, 0.2) is 0 Å². The van der Waals surface area contributed by atoms with E-state index in [0.717, 1.165) is 36.3 Å². The van der Waals surface area contributed by atoms with E-state index in [4.69, 9.17) is 5.73 Å². The van der Waals surface area contributed by atoms with Crippen molar-refractivity contribution in [2.75, 3.05) is 23.7 Å². The normalized spacial score (nSPS) is 25.9. The smallest absolute Gasteiger partial charge is 0.221 e. The fourth-order valence-corrected chi connectivity index (χ4v) is 2.07. The molecule has 1 aromatic rings. The third kappa shape index (κ3) is 1.89. The zero-order valence-corrected chi connectivity index (χ0v) is 9.57. The highest BCUT2D eigenvalue weighted by Crippen LogP contribution is 2.28. The second-order valence-corrected chi connectivity index (χ2v) is 4.59. The number of nitrogen functional groups attached to an aromatic ring is 1. The van der Waals surface area contributed by atoms with Gasteiger partial charge in [0, 0.05) is 24.8 Å². The number of nitrogens with two attached hydrogens (primary N) is 1. The van der Waals surface area contributed by atoms with Crippen molar-refractivity contribution in [2.45, 2.75) is 20.8 Å². The zero-order chi connectivity index (χ0) is 11.0. The van der Waals surface area contributed by atoms with Crippen LogP contribution in [0.5, 0.6) is 0 Å². The van der Waals surface area contributed by atoms with Crippen molar-refractivity contribution in [3.63, 3.8) is 0 Å². The third-order valence-corrected chi connectivity index (χ3v) is 3.25. The first-order chi connectivity index (χ1) is 7.08. The number of hydrogen-bond acceptors (Lipinski definition) is 4. The first-order valence-electron chi connectivity index (χ1n) is 5.42. The van der Waals surface area contributed by atoms with Crippen molar-refractivity contribution >= 4 is 11.8 Å². The summed E-state index contributed by atoms with van der Waals surface area (Å²) in [4.78, 5) is 10.6. The standard InChI is InChI=1S/C11H18N4/c1-7-4-13-11(12)14-10(7)15-5-8(2)9(3)6-15/h4,8-9H,5-6H2,1-3H3,(H2,12,13,14). The Morgan fingerprint density at radius 3 is 2.53 bits per heavy atom. The van der Waals surface area contributed by atoms with Crippen LogP contribution < -0.4 is 10.6 Å². The van der Waals surface area contributed by atoms with Gasteiger partial charge in [-0.25, -0.2) is 4.98 Å². The summed E-state index contributed by atoms with van der Waals surface area (Å²) in [6, 6.07) is 0. The van der Waals surface area contributed by atoms with Crippen molar-refractivity contribution in [3.8, 4) is 0 Å². The number of hydrogen-bond donors (Lipinski definition) is 1. The predicted octanol–water partition coefficient (Wildman–Crippen LogP) is 1.46. The number of anilines is 2. The molecule has 15 heavy (non-hydrogen) atoms. The molecule has 2 atom stereocenters. The topological polar surface area (TPSA) is 55.0 Å². The minimum Gasteiger partial charge on any atom is -0.368 e. The van der Waals surface area contributed by atoms with Gasteiger partial charge in [-0.15, -0.1) is 0 Å². The number of rotatable bonds is 1. The molecule has 0 saturated carbocycles. The summed E-state index contributed by atoms with van der Waals surface area (Å²) in [6.45, 7) is 8.73. The highest BCUT2D eigenvalue weighted by atomic mass is 15.2. The number of aryl methyl sites for hydroxylation is 1. The lowest BCUT2D eigenvalue weighted by Gasteiger charge is -2.19. The highest BCUT2D eigenvalue weighted by molar-refractivity contribution is 5.48. The molecular weight excluding hydrogens is 188 g/mol. The van der Waals surface area contributed by atoms with Crippen LogP contribution in [0.15, 0.2) is 6.20 Å². The van der Waals surface area contributed by atoms with Crippen LogP contribution in [0.2, 0.25) is 0 Å². The van der Waals surface area contributed by atoms with E-state index >= 15 is 0 Å². The maximum atomic E-state index is 5.62. The maximum Gasteiger partial charge on any atom is 0.221 e. The van der Waals surface area contributed by atoms with E-state index in [1.807, 2.05) is 6.92 Å². The summed E-state index contributed by atoms with van der Waals surface area (Å²) in [6.07, 6.45) is 1.80. The Labute approximate surface area is 90.5 Å². The molecule has 4 heteroatoms. The van der Waals surface area contributed by atoms with Gasteiger partial charge in [0.05, 0.1) is 0 Å². The molecule has 0 aliphatic carbocycles. The zero-order valence-electron chi connectivity index (χ0n) is 9.57. The average Bonchev–Trinajstić information content (AvgIpc) is 2.51. The Kier molecular flexibility index (Phi) is 2.50. The lowest BCUT2D eigenvalue weighted by atomic mass is 10.0. The van der Waals surface area contributed by atoms with Crippen LogP contribution in [0, 0.1) is 18.8 Å². The molecule has 1 aromatic heterocycles. The SMILES string of the molecule is Cc1cnc(N)nc1N1CC(C)C(C)C1. The first-order valence-corrected chi connectivity index (χ1v) is 5.42. The average molecular weight is 206 g/mol. The molecule has 0 spiro atoms. The second kappa shape index (κ2) is 3.68. The minimum atomic E-state index is 0.364. The molecule has 0 amide bonds. The Morgan fingerprint density at radius 1 is 1.33 bits per heavy atom. The molecule has 0 bridgehead atoms. The molecule has 2 N–H and O–H groups in total. The Morgan fingerprint density at radius 2 is 1.93 bits per heavy atom. The number of nitrogens with zero attached hydrogens (tertiary/aromatic N) is 3. The highest BCUT2D eigenvalue weighted by Gasteiger charge is 2.27. The molecule has 1 fully saturated rings. The summed E-state index contributed by atoms with van der Waals surface area (Å²) in [5.41, 5.74) is 6.72. The van der Waals surface area contributed by atoms with Gasteiger partial charge in [0.2, 0.25) is 5.95 Å². The molecule has 2 heterocycles. The fraction of sp³-hybridized carbons (Fsp3) is 0.636. The second-order valence-electron chi connectivity index (χ2n) is 4.59. The van der Waals surface area contributed by atoms with Crippen LogP contribution in [-0.2, 0) is 0 Å². The summed E-state index contributed by atoms with van der Waals surface area (Å²) in [5, 5.41) is 0. The van der Waals surface area contributed by atoms with Gasteiger partial charge >= 0.3 is 0 Å². The summed E-state index contributed by atoms with van der Waals surface area (Å²) < 4.78 is 0. The summed E-state index contributed by atoms with van der Waals surface area (Å²) in [5.74, 6) is 2.81. The molecule has 1 aliphatic rings. The quantitative estimate of drug-likeness (QED) is 0.755. The van der Waals surface area contributed by atoms with Gasteiger partial charge in [0.25, 0.3) is 0 Å². The van der Waals surface area contributed by atoms with E-state index in [2.05, 4.69) is 28.7 Å². The lowest BCUT2D eigenvalue weighted by Crippen LogP contribution is -2.22. The van der Waals surface area contributed by atoms with Gasteiger partial charge in [-0.1, -0.05) is 13.8 Å². The summed E-state index contributed by atoms with van der Waals surface area (Å²) in [7, 11) is 0. The molecule has 1 saturated heterocycles. The fourth-order valence-electron chi connectivity index (χ4n) is 2.07. The molecule has 0 aromatic carbocycles. The van der Waals surface area contributed by atoms with Gasteiger partial charge in [-0.2, -0.15) is 4.98 Å². The molecular formula is C11H18N4. The van der Waals surface area contributed by atoms with Crippen LogP contribution >= 0.6 is 0 Å².